The molecule has 6 heteroatoms. The van der Waals surface area contributed by atoms with Crippen molar-refractivity contribution >= 4 is 5.95 Å². The van der Waals surface area contributed by atoms with Gasteiger partial charge in [-0.2, -0.15) is 4.98 Å². The second-order valence-corrected chi connectivity index (χ2v) is 5.95. The van der Waals surface area contributed by atoms with Crippen molar-refractivity contribution in [3.05, 3.63) is 55.9 Å². The van der Waals surface area contributed by atoms with E-state index < -0.39 is 11.4 Å². The van der Waals surface area contributed by atoms with Crippen LogP contribution in [0.1, 0.15) is 43.0 Å². The average molecular weight is 300 g/mol. The molecule has 1 heterocycles. The third-order valence-corrected chi connectivity index (χ3v) is 4.00. The molecule has 0 amide bonds. The third kappa shape index (κ3) is 2.81. The van der Waals surface area contributed by atoms with Crippen LogP contribution in [0.15, 0.2) is 27.8 Å². The topological polar surface area (TPSA) is 79.8 Å². The molecule has 0 atom stereocenters. The smallest absolute Gasteiger partial charge is 0.351 e. The maximum Gasteiger partial charge on any atom is 0.355 e. The first kappa shape index (κ1) is 14.6. The number of aromatic nitrogens is 3. The molecule has 22 heavy (non-hydrogen) atoms. The molecule has 1 aromatic heterocycles. The molecule has 1 aromatic carbocycles. The van der Waals surface area contributed by atoms with E-state index in [0.29, 0.717) is 6.54 Å². The normalized spacial score (nSPS) is 13.4. The lowest BCUT2D eigenvalue weighted by molar-refractivity contribution is 0.530. The van der Waals surface area contributed by atoms with Gasteiger partial charge in [0.15, 0.2) is 0 Å². The summed E-state index contributed by atoms with van der Waals surface area (Å²) in [5.41, 5.74) is 2.98. The first-order valence-electron chi connectivity index (χ1n) is 7.62. The predicted octanol–water partition coefficient (Wildman–Crippen LogP) is 1.61. The van der Waals surface area contributed by atoms with Crippen LogP contribution in [0, 0.1) is 0 Å². The summed E-state index contributed by atoms with van der Waals surface area (Å²) in [7, 11) is 0. The Morgan fingerprint density at radius 2 is 2.05 bits per heavy atom. The van der Waals surface area contributed by atoms with Crippen LogP contribution < -0.4 is 16.7 Å². The molecule has 116 valence electrons. The number of nitrogens with zero attached hydrogens (tertiary/aromatic N) is 2. The van der Waals surface area contributed by atoms with E-state index in [4.69, 9.17) is 0 Å². The largest absolute Gasteiger partial charge is 0.355 e. The highest BCUT2D eigenvalue weighted by Gasteiger charge is 2.11. The van der Waals surface area contributed by atoms with Gasteiger partial charge in [0.25, 0.3) is 0 Å². The lowest BCUT2D eigenvalue weighted by atomic mass is 10.1. The standard InChI is InChI=1S/C16H20N4O2/c1-10(2)20-15(21)18-14(19-16(20)22)17-9-11-6-7-12-4-3-5-13(12)8-11/h6-8,10H,3-5,9H2,1-2H3,(H2,17,18,19,21,22). The summed E-state index contributed by atoms with van der Waals surface area (Å²) in [6.45, 7) is 4.08. The molecule has 2 N–H and O–H groups in total. The van der Waals surface area contributed by atoms with Gasteiger partial charge in [0, 0.05) is 12.6 Å². The Morgan fingerprint density at radius 1 is 1.27 bits per heavy atom. The fourth-order valence-corrected chi connectivity index (χ4v) is 2.89. The molecule has 0 saturated heterocycles. The molecule has 1 aliphatic carbocycles. The van der Waals surface area contributed by atoms with Crippen molar-refractivity contribution in [3.63, 3.8) is 0 Å². The Labute approximate surface area is 128 Å². The summed E-state index contributed by atoms with van der Waals surface area (Å²) < 4.78 is 1.10. The van der Waals surface area contributed by atoms with Crippen molar-refractivity contribution in [1.29, 1.82) is 0 Å². The van der Waals surface area contributed by atoms with Gasteiger partial charge in [-0.15, -0.1) is 0 Å². The van der Waals surface area contributed by atoms with Crippen molar-refractivity contribution in [1.82, 2.24) is 14.5 Å². The predicted molar refractivity (Wildman–Crippen MR) is 85.3 cm³/mol. The first-order chi connectivity index (χ1) is 10.5. The maximum absolute atomic E-state index is 11.9. The molecular formula is C16H20N4O2. The fraction of sp³-hybridized carbons (Fsp3) is 0.438. The zero-order chi connectivity index (χ0) is 15.7. The molecule has 0 fully saturated rings. The highest BCUT2D eigenvalue weighted by molar-refractivity contribution is 5.36. The van der Waals surface area contributed by atoms with Crippen LogP contribution in [-0.4, -0.2) is 14.5 Å². The number of fused-ring (bicyclic) bond motifs is 1. The van der Waals surface area contributed by atoms with Gasteiger partial charge < -0.3 is 5.32 Å². The number of hydrogen-bond acceptors (Lipinski definition) is 4. The number of H-pyrrole nitrogens is 1. The highest BCUT2D eigenvalue weighted by atomic mass is 16.2. The molecular weight excluding hydrogens is 280 g/mol. The van der Waals surface area contributed by atoms with E-state index in [1.165, 1.54) is 17.5 Å². The van der Waals surface area contributed by atoms with Gasteiger partial charge >= 0.3 is 11.4 Å². The van der Waals surface area contributed by atoms with Crippen molar-refractivity contribution < 1.29 is 0 Å². The van der Waals surface area contributed by atoms with Crippen LogP contribution in [0.25, 0.3) is 0 Å². The monoisotopic (exact) mass is 300 g/mol. The minimum absolute atomic E-state index is 0.213. The summed E-state index contributed by atoms with van der Waals surface area (Å²) >= 11 is 0. The lowest BCUT2D eigenvalue weighted by Gasteiger charge is -2.10. The van der Waals surface area contributed by atoms with Gasteiger partial charge in [0.1, 0.15) is 0 Å². The number of aryl methyl sites for hydroxylation is 2. The van der Waals surface area contributed by atoms with Crippen LogP contribution in [0.5, 0.6) is 0 Å². The summed E-state index contributed by atoms with van der Waals surface area (Å²) in [5, 5.41) is 3.02. The minimum Gasteiger partial charge on any atom is -0.351 e. The molecule has 0 saturated carbocycles. The Morgan fingerprint density at radius 3 is 2.77 bits per heavy atom. The van der Waals surface area contributed by atoms with Gasteiger partial charge in [0.2, 0.25) is 5.95 Å². The molecule has 0 aliphatic heterocycles. The Kier molecular flexibility index (Phi) is 3.83. The molecule has 0 radical (unpaired) electrons. The lowest BCUT2D eigenvalue weighted by Crippen LogP contribution is -2.38. The van der Waals surface area contributed by atoms with Crippen LogP contribution in [0.4, 0.5) is 5.95 Å². The summed E-state index contributed by atoms with van der Waals surface area (Å²) in [6, 6.07) is 6.20. The second-order valence-electron chi connectivity index (χ2n) is 5.95. The summed E-state index contributed by atoms with van der Waals surface area (Å²) in [4.78, 5) is 30.2. The number of nitrogens with one attached hydrogen (secondary N) is 2. The molecule has 6 nitrogen and oxygen atoms in total. The summed E-state index contributed by atoms with van der Waals surface area (Å²) in [6.07, 6.45) is 3.50. The molecule has 3 rings (SSSR count). The molecule has 0 unspecified atom stereocenters. The number of rotatable bonds is 4. The van der Waals surface area contributed by atoms with E-state index in [0.717, 1.165) is 23.0 Å². The molecule has 2 aromatic rings. The Bertz CT molecular complexity index is 773. The number of anilines is 1. The Hall–Kier alpha value is -2.37. The first-order valence-corrected chi connectivity index (χ1v) is 7.62. The number of benzene rings is 1. The maximum atomic E-state index is 11.9. The van der Waals surface area contributed by atoms with Crippen LogP contribution in [-0.2, 0) is 19.4 Å². The van der Waals surface area contributed by atoms with E-state index >= 15 is 0 Å². The van der Waals surface area contributed by atoms with Gasteiger partial charge in [-0.05, 0) is 49.8 Å². The van der Waals surface area contributed by atoms with Crippen molar-refractivity contribution in [3.8, 4) is 0 Å². The third-order valence-electron chi connectivity index (χ3n) is 4.00. The fourth-order valence-electron chi connectivity index (χ4n) is 2.89. The average Bonchev–Trinajstić information content (AvgIpc) is 2.91. The van der Waals surface area contributed by atoms with Crippen LogP contribution in [0.3, 0.4) is 0 Å². The van der Waals surface area contributed by atoms with Crippen molar-refractivity contribution in [2.24, 2.45) is 0 Å². The van der Waals surface area contributed by atoms with E-state index in [-0.39, 0.29) is 12.0 Å². The van der Waals surface area contributed by atoms with E-state index in [2.05, 4.69) is 33.5 Å². The zero-order valence-corrected chi connectivity index (χ0v) is 12.8. The summed E-state index contributed by atoms with van der Waals surface area (Å²) in [5.74, 6) is 0.215. The van der Waals surface area contributed by atoms with E-state index in [1.807, 2.05) is 0 Å². The van der Waals surface area contributed by atoms with Gasteiger partial charge in [0.05, 0.1) is 0 Å². The minimum atomic E-state index is -0.532. The molecule has 0 bridgehead atoms. The van der Waals surface area contributed by atoms with E-state index in [9.17, 15) is 9.59 Å². The van der Waals surface area contributed by atoms with Crippen LogP contribution in [0.2, 0.25) is 0 Å². The van der Waals surface area contributed by atoms with Crippen molar-refractivity contribution in [2.75, 3.05) is 5.32 Å². The molecule has 1 aliphatic rings. The van der Waals surface area contributed by atoms with Crippen LogP contribution >= 0.6 is 0 Å². The quantitative estimate of drug-likeness (QED) is 0.899. The van der Waals surface area contributed by atoms with Crippen molar-refractivity contribution in [2.45, 2.75) is 45.7 Å². The number of aromatic amines is 1. The second kappa shape index (κ2) is 5.79. The molecule has 0 spiro atoms. The highest BCUT2D eigenvalue weighted by Crippen LogP contribution is 2.22. The SMILES string of the molecule is CC(C)n1c(=O)nc(NCc2ccc3c(c2)CCC3)[nH]c1=O. The Balaban J connectivity index is 1.77. The van der Waals surface area contributed by atoms with Gasteiger partial charge in [-0.1, -0.05) is 18.2 Å². The van der Waals surface area contributed by atoms with Gasteiger partial charge in [-0.3, -0.25) is 4.98 Å². The van der Waals surface area contributed by atoms with E-state index in [1.54, 1.807) is 13.8 Å². The van der Waals surface area contributed by atoms with Gasteiger partial charge in [-0.25, -0.2) is 14.2 Å². The number of hydrogen-bond donors (Lipinski definition) is 2. The zero-order valence-electron chi connectivity index (χ0n) is 12.8.